The van der Waals surface area contributed by atoms with Gasteiger partial charge in [0.25, 0.3) is 15.9 Å². The predicted molar refractivity (Wildman–Crippen MR) is 134 cm³/mol. The highest BCUT2D eigenvalue weighted by Gasteiger charge is 2.36. The van der Waals surface area contributed by atoms with Gasteiger partial charge in [0.1, 0.15) is 0 Å². The molecule has 5 rings (SSSR count). The molecule has 2 amide bonds. The number of rotatable bonds is 5. The molecule has 0 aromatic heterocycles. The molecule has 2 fully saturated rings. The third kappa shape index (κ3) is 4.67. The number of piperazine rings is 1. The average Bonchev–Trinajstić information content (AvgIpc) is 3.52. The van der Waals surface area contributed by atoms with Crippen molar-refractivity contribution in [1.29, 1.82) is 0 Å². The van der Waals surface area contributed by atoms with Crippen LogP contribution in [0, 0.1) is 0 Å². The molecular formula is C26H32N4O4S. The molecule has 0 N–H and O–H groups in total. The number of sulfonamides is 1. The number of carbonyl (C=O) groups is 2. The minimum Gasteiger partial charge on any atom is -0.342 e. The zero-order valence-electron chi connectivity index (χ0n) is 20.1. The summed E-state index contributed by atoms with van der Waals surface area (Å²) in [6.45, 7) is 6.28. The number of hydrogen-bond acceptors (Lipinski definition) is 5. The molecule has 0 spiro atoms. The molecule has 186 valence electrons. The van der Waals surface area contributed by atoms with E-state index in [1.165, 1.54) is 10.4 Å². The highest BCUT2D eigenvalue weighted by molar-refractivity contribution is 7.92. The number of amides is 2. The van der Waals surface area contributed by atoms with E-state index in [0.29, 0.717) is 50.4 Å². The van der Waals surface area contributed by atoms with Crippen molar-refractivity contribution in [2.24, 2.45) is 0 Å². The topological polar surface area (TPSA) is 81.2 Å². The van der Waals surface area contributed by atoms with Crippen LogP contribution in [0.4, 0.5) is 5.69 Å². The van der Waals surface area contributed by atoms with E-state index < -0.39 is 10.0 Å². The minimum atomic E-state index is -3.81. The van der Waals surface area contributed by atoms with Crippen LogP contribution in [0.2, 0.25) is 0 Å². The van der Waals surface area contributed by atoms with Gasteiger partial charge in [-0.3, -0.25) is 18.8 Å². The second kappa shape index (κ2) is 9.62. The van der Waals surface area contributed by atoms with Crippen LogP contribution in [0.5, 0.6) is 0 Å². The second-order valence-electron chi connectivity index (χ2n) is 9.67. The summed E-state index contributed by atoms with van der Waals surface area (Å²) in [4.78, 5) is 31.5. The number of nitrogens with zero attached hydrogens (tertiary/aromatic N) is 4. The highest BCUT2D eigenvalue weighted by Crippen LogP contribution is 2.36. The quantitative estimate of drug-likeness (QED) is 0.634. The van der Waals surface area contributed by atoms with E-state index in [1.54, 1.807) is 23.1 Å². The van der Waals surface area contributed by atoms with Crippen LogP contribution in [0.25, 0.3) is 0 Å². The molecule has 3 aliphatic rings. The molecule has 1 atom stereocenters. The number of carbonyl (C=O) groups excluding carboxylic acids is 2. The van der Waals surface area contributed by atoms with Crippen molar-refractivity contribution < 1.29 is 18.0 Å². The van der Waals surface area contributed by atoms with E-state index in [1.807, 2.05) is 36.1 Å². The van der Waals surface area contributed by atoms with Crippen molar-refractivity contribution in [1.82, 2.24) is 14.7 Å². The number of hydrogen-bond donors (Lipinski definition) is 0. The van der Waals surface area contributed by atoms with Crippen LogP contribution in [0.3, 0.4) is 0 Å². The lowest BCUT2D eigenvalue weighted by Crippen LogP contribution is -2.51. The van der Waals surface area contributed by atoms with Crippen molar-refractivity contribution in [3.63, 3.8) is 0 Å². The van der Waals surface area contributed by atoms with Crippen molar-refractivity contribution >= 4 is 27.5 Å². The Morgan fingerprint density at radius 3 is 2.34 bits per heavy atom. The lowest BCUT2D eigenvalue weighted by atomic mass is 10.1. The Hall–Kier alpha value is -2.91. The number of para-hydroxylation sites is 1. The first-order valence-electron chi connectivity index (χ1n) is 12.4. The summed E-state index contributed by atoms with van der Waals surface area (Å²) in [5, 5.41) is 0. The molecule has 2 saturated heterocycles. The molecule has 3 aliphatic heterocycles. The minimum absolute atomic E-state index is 0.127. The standard InChI is InChI=1S/C26H32N4O4S/c1-20-17-21-7-2-3-10-24(21)30(20)35(33,34)23-9-6-8-22(18-23)26(32)29-15-13-27(14-16-29)19-25(31)28-11-4-5-12-28/h2-3,6-10,18,20H,4-5,11-17,19H2,1H3. The van der Waals surface area contributed by atoms with Crippen LogP contribution in [-0.2, 0) is 21.2 Å². The molecule has 8 nitrogen and oxygen atoms in total. The van der Waals surface area contributed by atoms with Crippen molar-refractivity contribution in [2.45, 2.75) is 37.1 Å². The summed E-state index contributed by atoms with van der Waals surface area (Å²) < 4.78 is 28.6. The first-order chi connectivity index (χ1) is 16.8. The molecule has 2 aromatic carbocycles. The van der Waals surface area contributed by atoms with E-state index in [4.69, 9.17) is 0 Å². The van der Waals surface area contributed by atoms with Crippen LogP contribution in [0.15, 0.2) is 53.4 Å². The maximum atomic E-state index is 13.6. The normalized spacial score (nSPS) is 20.8. The number of fused-ring (bicyclic) bond motifs is 1. The van der Waals surface area contributed by atoms with Gasteiger partial charge in [-0.15, -0.1) is 0 Å². The van der Waals surface area contributed by atoms with E-state index >= 15 is 0 Å². The largest absolute Gasteiger partial charge is 0.342 e. The van der Waals surface area contributed by atoms with Crippen molar-refractivity contribution in [2.75, 3.05) is 50.1 Å². The van der Waals surface area contributed by atoms with Crippen LogP contribution in [0.1, 0.15) is 35.7 Å². The Labute approximate surface area is 207 Å². The summed E-state index contributed by atoms with van der Waals surface area (Å²) in [6, 6.07) is 13.7. The lowest BCUT2D eigenvalue weighted by molar-refractivity contribution is -0.131. The monoisotopic (exact) mass is 496 g/mol. The van der Waals surface area contributed by atoms with E-state index in [0.717, 1.165) is 31.5 Å². The summed E-state index contributed by atoms with van der Waals surface area (Å²) in [6.07, 6.45) is 2.82. The smallest absolute Gasteiger partial charge is 0.264 e. The van der Waals surface area contributed by atoms with Gasteiger partial charge in [-0.05, 0) is 56.0 Å². The Bertz CT molecular complexity index is 1220. The third-order valence-corrected chi connectivity index (χ3v) is 9.18. The summed E-state index contributed by atoms with van der Waals surface area (Å²) in [5.41, 5.74) is 2.08. The van der Waals surface area contributed by atoms with Gasteiger partial charge in [0.15, 0.2) is 0 Å². The van der Waals surface area contributed by atoms with Crippen LogP contribution < -0.4 is 4.31 Å². The van der Waals surface area contributed by atoms with Crippen LogP contribution >= 0.6 is 0 Å². The maximum Gasteiger partial charge on any atom is 0.264 e. The van der Waals surface area contributed by atoms with Gasteiger partial charge < -0.3 is 9.80 Å². The zero-order valence-corrected chi connectivity index (χ0v) is 20.9. The van der Waals surface area contributed by atoms with E-state index in [2.05, 4.69) is 4.90 Å². The van der Waals surface area contributed by atoms with Gasteiger partial charge in [0.2, 0.25) is 5.91 Å². The number of benzene rings is 2. The molecule has 2 aromatic rings. The molecule has 0 bridgehead atoms. The second-order valence-corrected chi connectivity index (χ2v) is 11.5. The molecule has 1 unspecified atom stereocenters. The SMILES string of the molecule is CC1Cc2ccccc2N1S(=O)(=O)c1cccc(C(=O)N2CCN(CC(=O)N3CCCC3)CC2)c1. The fourth-order valence-corrected chi connectivity index (χ4v) is 7.09. The number of anilines is 1. The fraction of sp³-hybridized carbons (Fsp3) is 0.462. The van der Waals surface area contributed by atoms with Gasteiger partial charge in [-0.25, -0.2) is 8.42 Å². The fourth-order valence-electron chi connectivity index (χ4n) is 5.36. The summed E-state index contributed by atoms with van der Waals surface area (Å²) in [5.74, 6) is -0.0136. The number of likely N-dealkylation sites (tertiary alicyclic amines) is 1. The Kier molecular flexibility index (Phi) is 6.55. The first-order valence-corrected chi connectivity index (χ1v) is 13.8. The van der Waals surface area contributed by atoms with Crippen molar-refractivity contribution in [3.8, 4) is 0 Å². The molecule has 35 heavy (non-hydrogen) atoms. The summed E-state index contributed by atoms with van der Waals surface area (Å²) in [7, 11) is -3.81. The maximum absolute atomic E-state index is 13.6. The van der Waals surface area contributed by atoms with Gasteiger partial charge >= 0.3 is 0 Å². The van der Waals surface area contributed by atoms with Gasteiger partial charge in [0, 0.05) is 50.9 Å². The average molecular weight is 497 g/mol. The third-order valence-electron chi connectivity index (χ3n) is 7.26. The zero-order chi connectivity index (χ0) is 24.6. The molecule has 9 heteroatoms. The van der Waals surface area contributed by atoms with Crippen LogP contribution in [-0.4, -0.2) is 86.8 Å². The van der Waals surface area contributed by atoms with Crippen molar-refractivity contribution in [3.05, 3.63) is 59.7 Å². The molecule has 0 aliphatic carbocycles. The molecule has 0 saturated carbocycles. The summed E-state index contributed by atoms with van der Waals surface area (Å²) >= 11 is 0. The molecule has 3 heterocycles. The predicted octanol–water partition coefficient (Wildman–Crippen LogP) is 2.21. The Balaban J connectivity index is 1.26. The van der Waals surface area contributed by atoms with Gasteiger partial charge in [-0.2, -0.15) is 0 Å². The first kappa shape index (κ1) is 23.8. The Morgan fingerprint density at radius 1 is 0.886 bits per heavy atom. The van der Waals surface area contributed by atoms with Gasteiger partial charge in [-0.1, -0.05) is 24.3 Å². The highest BCUT2D eigenvalue weighted by atomic mass is 32.2. The Morgan fingerprint density at radius 2 is 1.60 bits per heavy atom. The lowest BCUT2D eigenvalue weighted by Gasteiger charge is -2.35. The molecular weight excluding hydrogens is 464 g/mol. The van der Waals surface area contributed by atoms with E-state index in [9.17, 15) is 18.0 Å². The van der Waals surface area contributed by atoms with Gasteiger partial charge in [0.05, 0.1) is 17.1 Å². The van der Waals surface area contributed by atoms with E-state index in [-0.39, 0.29) is 22.8 Å². The molecule has 0 radical (unpaired) electrons.